The second-order valence-corrected chi connectivity index (χ2v) is 6.87. The Labute approximate surface area is 177 Å². The van der Waals surface area contributed by atoms with E-state index in [0.29, 0.717) is 11.3 Å². The van der Waals surface area contributed by atoms with Crippen molar-refractivity contribution in [1.29, 1.82) is 5.26 Å². The average Bonchev–Trinajstić information content (AvgIpc) is 3.60. The van der Waals surface area contributed by atoms with Gasteiger partial charge >= 0.3 is 0 Å². The molecule has 0 bridgehead atoms. The third-order valence-electron chi connectivity index (χ3n) is 4.95. The smallest absolute Gasteiger partial charge is 0.227 e. The zero-order valence-electron chi connectivity index (χ0n) is 17.7. The van der Waals surface area contributed by atoms with Gasteiger partial charge in [-0.05, 0) is 55.2 Å². The van der Waals surface area contributed by atoms with E-state index in [0.717, 1.165) is 40.7 Å². The van der Waals surface area contributed by atoms with Crippen molar-refractivity contribution in [3.8, 4) is 23.7 Å². The molecule has 1 amide bonds. The summed E-state index contributed by atoms with van der Waals surface area (Å²) in [5, 5.41) is 13.4. The molecule has 5 nitrogen and oxygen atoms in total. The molecule has 0 atom stereocenters. The fraction of sp³-hybridized carbons (Fsp3) is 0.280. The summed E-state index contributed by atoms with van der Waals surface area (Å²) in [4.78, 5) is 11.8. The number of anilines is 1. The highest BCUT2D eigenvalue weighted by atomic mass is 16.5. The van der Waals surface area contributed by atoms with Crippen LogP contribution in [0.1, 0.15) is 43.5 Å². The number of nitrogens with zero attached hydrogens (tertiary/aromatic N) is 2. The Hall–Kier alpha value is -3.70. The van der Waals surface area contributed by atoms with E-state index in [-0.39, 0.29) is 11.8 Å². The number of fused-ring (bicyclic) bond motifs is 1. The molecular formula is C25H25N3O2. The minimum Gasteiger partial charge on any atom is -0.497 e. The first kappa shape index (κ1) is 21.0. The van der Waals surface area contributed by atoms with Gasteiger partial charge in [0.15, 0.2) is 0 Å². The number of aromatic nitrogens is 1. The first-order valence-corrected chi connectivity index (χ1v) is 10.1. The topological polar surface area (TPSA) is 67.0 Å². The Morgan fingerprint density at radius 3 is 2.43 bits per heavy atom. The van der Waals surface area contributed by atoms with Crippen molar-refractivity contribution in [2.45, 2.75) is 26.7 Å². The van der Waals surface area contributed by atoms with Crippen molar-refractivity contribution < 1.29 is 9.53 Å². The van der Waals surface area contributed by atoms with Gasteiger partial charge in [-0.15, -0.1) is 0 Å². The molecule has 4 rings (SSSR count). The van der Waals surface area contributed by atoms with Crippen LogP contribution in [0.4, 0.5) is 5.69 Å². The molecule has 1 aliphatic carbocycles. The number of amides is 1. The Balaban J connectivity index is 0.00000124. The highest BCUT2D eigenvalue weighted by Gasteiger charge is 2.29. The first-order chi connectivity index (χ1) is 14.6. The van der Waals surface area contributed by atoms with Gasteiger partial charge in [0.2, 0.25) is 5.91 Å². The largest absolute Gasteiger partial charge is 0.497 e. The molecule has 1 aliphatic rings. The number of hydrogen-bond donors (Lipinski definition) is 1. The molecule has 0 saturated heterocycles. The van der Waals surface area contributed by atoms with E-state index in [1.807, 2.05) is 67.9 Å². The van der Waals surface area contributed by atoms with Crippen LogP contribution < -0.4 is 10.1 Å². The second-order valence-electron chi connectivity index (χ2n) is 6.87. The minimum atomic E-state index is 0.0865. The predicted octanol–water partition coefficient (Wildman–Crippen LogP) is 4.83. The number of nitriles is 1. The monoisotopic (exact) mass is 399 g/mol. The van der Waals surface area contributed by atoms with Crippen molar-refractivity contribution in [1.82, 2.24) is 4.57 Å². The predicted molar refractivity (Wildman–Crippen MR) is 119 cm³/mol. The molecular weight excluding hydrogens is 374 g/mol. The Kier molecular flexibility index (Phi) is 6.45. The van der Waals surface area contributed by atoms with Crippen molar-refractivity contribution in [3.63, 3.8) is 0 Å². The fourth-order valence-corrected chi connectivity index (χ4v) is 3.16. The zero-order chi connectivity index (χ0) is 21.7. The highest BCUT2D eigenvalue weighted by molar-refractivity contribution is 5.94. The Morgan fingerprint density at radius 1 is 1.13 bits per heavy atom. The molecule has 3 aromatic rings. The van der Waals surface area contributed by atoms with Gasteiger partial charge in [0.25, 0.3) is 0 Å². The normalized spacial score (nSPS) is 12.1. The van der Waals surface area contributed by atoms with E-state index in [4.69, 9.17) is 4.74 Å². The van der Waals surface area contributed by atoms with E-state index in [1.54, 1.807) is 7.11 Å². The van der Waals surface area contributed by atoms with Crippen LogP contribution in [0.3, 0.4) is 0 Å². The Bertz CT molecular complexity index is 1170. The van der Waals surface area contributed by atoms with E-state index < -0.39 is 0 Å². The molecule has 1 saturated carbocycles. The number of rotatable bonds is 3. The molecule has 2 aromatic carbocycles. The maximum atomic E-state index is 11.8. The Morgan fingerprint density at radius 2 is 1.83 bits per heavy atom. The molecule has 0 radical (unpaired) electrons. The summed E-state index contributed by atoms with van der Waals surface area (Å²) >= 11 is 0. The summed E-state index contributed by atoms with van der Waals surface area (Å²) in [5.74, 6) is 7.24. The third kappa shape index (κ3) is 4.31. The van der Waals surface area contributed by atoms with Gasteiger partial charge in [-0.25, -0.2) is 0 Å². The van der Waals surface area contributed by atoms with Gasteiger partial charge in [0.05, 0.1) is 18.2 Å². The van der Waals surface area contributed by atoms with Crippen molar-refractivity contribution in [2.24, 2.45) is 13.0 Å². The average molecular weight is 399 g/mol. The van der Waals surface area contributed by atoms with Gasteiger partial charge in [0, 0.05) is 35.7 Å². The molecule has 0 unspecified atom stereocenters. The van der Waals surface area contributed by atoms with Crippen LogP contribution in [0.5, 0.6) is 5.75 Å². The standard InChI is InChI=1S/C23H19N3O2.C2H6/c1-26-21(20(14-24)19-11-10-18(28-2)13-22(19)26)12-5-15-3-8-17(9-4-15)25-23(27)16-6-7-16;1-2/h3-4,8-11,13,16H,6-7H2,1-2H3,(H,25,27);1-2H3. The summed E-state index contributed by atoms with van der Waals surface area (Å²) in [6.45, 7) is 4.00. The van der Waals surface area contributed by atoms with Crippen molar-refractivity contribution >= 4 is 22.5 Å². The second kappa shape index (κ2) is 9.20. The van der Waals surface area contributed by atoms with Crippen LogP contribution in [0.15, 0.2) is 42.5 Å². The lowest BCUT2D eigenvalue weighted by atomic mass is 10.1. The molecule has 152 valence electrons. The fourth-order valence-electron chi connectivity index (χ4n) is 3.16. The number of nitrogens with one attached hydrogen (secondary N) is 1. The van der Waals surface area contributed by atoms with Crippen LogP contribution in [0.2, 0.25) is 0 Å². The zero-order valence-corrected chi connectivity index (χ0v) is 17.7. The summed E-state index contributed by atoms with van der Waals surface area (Å²) in [5.41, 5.74) is 3.71. The number of methoxy groups -OCH3 is 1. The summed E-state index contributed by atoms with van der Waals surface area (Å²) in [7, 11) is 3.51. The van der Waals surface area contributed by atoms with Crippen LogP contribution in [-0.4, -0.2) is 17.6 Å². The maximum Gasteiger partial charge on any atom is 0.227 e. The van der Waals surface area contributed by atoms with Gasteiger partial charge in [-0.3, -0.25) is 4.79 Å². The van der Waals surface area contributed by atoms with Crippen LogP contribution in [0, 0.1) is 29.1 Å². The first-order valence-electron chi connectivity index (χ1n) is 10.1. The highest BCUT2D eigenvalue weighted by Crippen LogP contribution is 2.30. The summed E-state index contributed by atoms with van der Waals surface area (Å²) < 4.78 is 7.19. The van der Waals surface area contributed by atoms with E-state index >= 15 is 0 Å². The summed E-state index contributed by atoms with van der Waals surface area (Å²) in [6.07, 6.45) is 1.96. The molecule has 0 aliphatic heterocycles. The molecule has 1 aromatic heterocycles. The van der Waals surface area contributed by atoms with Crippen molar-refractivity contribution in [3.05, 3.63) is 59.3 Å². The van der Waals surface area contributed by atoms with Crippen molar-refractivity contribution in [2.75, 3.05) is 12.4 Å². The number of ether oxygens (including phenoxy) is 1. The lowest BCUT2D eigenvalue weighted by molar-refractivity contribution is -0.117. The van der Waals surface area contributed by atoms with Gasteiger partial charge < -0.3 is 14.6 Å². The number of aryl methyl sites for hydroxylation is 1. The number of carbonyl (C=O) groups excluding carboxylic acids is 1. The number of carbonyl (C=O) groups is 1. The number of benzene rings is 2. The lowest BCUT2D eigenvalue weighted by Gasteiger charge is -2.03. The van der Waals surface area contributed by atoms with Crippen LogP contribution >= 0.6 is 0 Å². The van der Waals surface area contributed by atoms with Crippen LogP contribution in [0.25, 0.3) is 10.9 Å². The van der Waals surface area contributed by atoms with Gasteiger partial charge in [0.1, 0.15) is 17.5 Å². The quantitative estimate of drug-likeness (QED) is 0.641. The minimum absolute atomic E-state index is 0.0865. The molecule has 1 N–H and O–H groups in total. The molecule has 1 fully saturated rings. The number of hydrogen-bond acceptors (Lipinski definition) is 3. The van der Waals surface area contributed by atoms with E-state index in [9.17, 15) is 10.1 Å². The molecule has 5 heteroatoms. The maximum absolute atomic E-state index is 11.8. The van der Waals surface area contributed by atoms with E-state index in [2.05, 4.69) is 23.2 Å². The third-order valence-corrected chi connectivity index (χ3v) is 4.95. The van der Waals surface area contributed by atoms with Gasteiger partial charge in [-0.2, -0.15) is 5.26 Å². The van der Waals surface area contributed by atoms with E-state index in [1.165, 1.54) is 0 Å². The summed E-state index contributed by atoms with van der Waals surface area (Å²) in [6, 6.07) is 15.3. The molecule has 1 heterocycles. The van der Waals surface area contributed by atoms with Gasteiger partial charge in [-0.1, -0.05) is 19.8 Å². The molecule has 30 heavy (non-hydrogen) atoms. The lowest BCUT2D eigenvalue weighted by Crippen LogP contribution is -2.12. The SMILES string of the molecule is CC.COc1ccc2c(C#N)c(C#Cc3ccc(NC(=O)C4CC4)cc3)n(C)c2c1. The molecule has 0 spiro atoms. The van der Waals surface area contributed by atoms with Crippen LogP contribution in [-0.2, 0) is 11.8 Å².